The Morgan fingerprint density at radius 1 is 1.14 bits per heavy atom. The molecule has 0 fully saturated rings. The van der Waals surface area contributed by atoms with Crippen molar-refractivity contribution in [2.75, 3.05) is 12.4 Å². The summed E-state index contributed by atoms with van der Waals surface area (Å²) in [5.41, 5.74) is 3.24. The van der Waals surface area contributed by atoms with Gasteiger partial charge in [0.05, 0.1) is 18.4 Å². The maximum absolute atomic E-state index is 12.5. The molecule has 0 saturated carbocycles. The number of rotatable bonds is 7. The number of amides is 1. The van der Waals surface area contributed by atoms with E-state index in [1.807, 2.05) is 42.6 Å². The second kappa shape index (κ2) is 9.12. The largest absolute Gasteiger partial charge is 0.496 e. The summed E-state index contributed by atoms with van der Waals surface area (Å²) in [5.74, 6) is 0.164. The van der Waals surface area contributed by atoms with Crippen LogP contribution in [0.4, 0.5) is 5.13 Å². The second-order valence-corrected chi connectivity index (χ2v) is 7.99. The fourth-order valence-corrected chi connectivity index (χ4v) is 3.67. The minimum Gasteiger partial charge on any atom is -0.496 e. The monoisotopic (exact) mass is 458 g/mol. The Kier molecular flexibility index (Phi) is 6.59. The number of halogens is 1. The summed E-state index contributed by atoms with van der Waals surface area (Å²) in [5, 5.41) is 5.17. The molecule has 144 valence electrons. The summed E-state index contributed by atoms with van der Waals surface area (Å²) in [6.45, 7) is 1.91. The summed E-state index contributed by atoms with van der Waals surface area (Å²) in [4.78, 5) is 29.1. The van der Waals surface area contributed by atoms with Gasteiger partial charge in [-0.1, -0.05) is 39.7 Å². The van der Waals surface area contributed by atoms with Crippen LogP contribution in [0.5, 0.6) is 5.75 Å². The summed E-state index contributed by atoms with van der Waals surface area (Å²) in [6.07, 6.45) is 0.194. The maximum Gasteiger partial charge on any atom is 0.226 e. The van der Waals surface area contributed by atoms with Gasteiger partial charge in [0.25, 0.3) is 0 Å². The van der Waals surface area contributed by atoms with Crippen LogP contribution in [0, 0.1) is 6.92 Å². The number of Topliss-reactive ketones (excluding diaryl/α,β-unsaturated/α-hetero) is 1. The lowest BCUT2D eigenvalue weighted by Crippen LogP contribution is -2.13. The van der Waals surface area contributed by atoms with Gasteiger partial charge < -0.3 is 10.1 Å². The predicted octanol–water partition coefficient (Wildman–Crippen LogP) is 5.49. The van der Waals surface area contributed by atoms with Crippen molar-refractivity contribution in [2.24, 2.45) is 0 Å². The van der Waals surface area contributed by atoms with E-state index < -0.39 is 0 Å². The lowest BCUT2D eigenvalue weighted by Gasteiger charge is -2.08. The highest BCUT2D eigenvalue weighted by atomic mass is 79.9. The van der Waals surface area contributed by atoms with Gasteiger partial charge in [0.15, 0.2) is 10.9 Å². The van der Waals surface area contributed by atoms with Crippen LogP contribution in [0.1, 0.15) is 28.8 Å². The minimum atomic E-state index is -0.239. The third kappa shape index (κ3) is 5.05. The van der Waals surface area contributed by atoms with E-state index in [4.69, 9.17) is 4.74 Å². The molecule has 0 saturated heterocycles. The van der Waals surface area contributed by atoms with E-state index in [2.05, 4.69) is 26.2 Å². The first kappa shape index (κ1) is 20.2. The molecule has 3 rings (SSSR count). The van der Waals surface area contributed by atoms with E-state index in [0.717, 1.165) is 21.3 Å². The number of nitrogens with zero attached hydrogens (tertiary/aromatic N) is 1. The van der Waals surface area contributed by atoms with Crippen LogP contribution in [0.2, 0.25) is 0 Å². The van der Waals surface area contributed by atoms with E-state index in [-0.39, 0.29) is 24.5 Å². The Morgan fingerprint density at radius 3 is 2.61 bits per heavy atom. The molecule has 3 aromatic rings. The highest BCUT2D eigenvalue weighted by Crippen LogP contribution is 2.26. The number of hydrogen-bond acceptors (Lipinski definition) is 5. The zero-order chi connectivity index (χ0) is 20.1. The average molecular weight is 459 g/mol. The number of ketones is 1. The number of aromatic nitrogens is 1. The van der Waals surface area contributed by atoms with Gasteiger partial charge in [-0.15, -0.1) is 11.3 Å². The van der Waals surface area contributed by atoms with Crippen LogP contribution >= 0.6 is 27.3 Å². The number of hydrogen-bond donors (Lipinski definition) is 1. The second-order valence-electron chi connectivity index (χ2n) is 6.22. The Bertz CT molecular complexity index is 999. The molecule has 0 atom stereocenters. The molecule has 7 heteroatoms. The van der Waals surface area contributed by atoms with Crippen molar-refractivity contribution in [1.82, 2.24) is 4.98 Å². The number of aryl methyl sites for hydroxylation is 1. The first-order valence-electron chi connectivity index (χ1n) is 8.65. The van der Waals surface area contributed by atoms with Gasteiger partial charge in [-0.2, -0.15) is 0 Å². The Hall–Kier alpha value is -2.51. The summed E-state index contributed by atoms with van der Waals surface area (Å²) < 4.78 is 6.24. The van der Waals surface area contributed by atoms with Gasteiger partial charge in [-0.05, 0) is 31.2 Å². The summed E-state index contributed by atoms with van der Waals surface area (Å²) >= 11 is 4.76. The highest BCUT2D eigenvalue weighted by molar-refractivity contribution is 9.10. The lowest BCUT2D eigenvalue weighted by molar-refractivity contribution is -0.116. The van der Waals surface area contributed by atoms with E-state index in [1.165, 1.54) is 18.4 Å². The van der Waals surface area contributed by atoms with Gasteiger partial charge in [0.2, 0.25) is 5.91 Å². The van der Waals surface area contributed by atoms with Crippen molar-refractivity contribution in [1.29, 1.82) is 0 Å². The van der Waals surface area contributed by atoms with Crippen molar-refractivity contribution in [3.8, 4) is 17.0 Å². The molecule has 0 aliphatic rings. The van der Waals surface area contributed by atoms with Gasteiger partial charge in [-0.3, -0.25) is 9.59 Å². The topological polar surface area (TPSA) is 68.3 Å². The van der Waals surface area contributed by atoms with Gasteiger partial charge in [-0.25, -0.2) is 4.98 Å². The zero-order valence-corrected chi connectivity index (χ0v) is 17.9. The molecule has 0 aliphatic heterocycles. The Labute approximate surface area is 175 Å². The van der Waals surface area contributed by atoms with E-state index >= 15 is 0 Å². The van der Waals surface area contributed by atoms with E-state index in [9.17, 15) is 9.59 Å². The smallest absolute Gasteiger partial charge is 0.226 e. The third-order valence-electron chi connectivity index (χ3n) is 4.13. The molecule has 5 nitrogen and oxygen atoms in total. The van der Waals surface area contributed by atoms with Crippen LogP contribution in [-0.4, -0.2) is 23.8 Å². The number of benzene rings is 2. The van der Waals surface area contributed by atoms with Gasteiger partial charge in [0, 0.05) is 28.3 Å². The normalized spacial score (nSPS) is 10.5. The lowest BCUT2D eigenvalue weighted by atomic mass is 10.0. The molecular formula is C21H19BrN2O3S. The third-order valence-corrected chi connectivity index (χ3v) is 5.41. The summed E-state index contributed by atoms with van der Waals surface area (Å²) in [7, 11) is 1.53. The summed E-state index contributed by atoms with van der Waals surface area (Å²) in [6, 6.07) is 13.2. The first-order chi connectivity index (χ1) is 13.5. The fourth-order valence-electron chi connectivity index (χ4n) is 2.67. The van der Waals surface area contributed by atoms with Gasteiger partial charge >= 0.3 is 0 Å². The number of methoxy groups -OCH3 is 1. The highest BCUT2D eigenvalue weighted by Gasteiger charge is 2.15. The Morgan fingerprint density at radius 2 is 1.89 bits per heavy atom. The standard InChI is InChI=1S/C21H19BrN2O3S/c1-13-3-9-19(27-2)16(11-13)18(25)8-10-20(26)24-21-23-17(12-28-21)14-4-6-15(22)7-5-14/h3-7,9,11-12H,8,10H2,1-2H3,(H,23,24,26). The zero-order valence-electron chi connectivity index (χ0n) is 15.5. The molecule has 0 aliphatic carbocycles. The molecule has 28 heavy (non-hydrogen) atoms. The van der Waals surface area contributed by atoms with Crippen LogP contribution in [0.15, 0.2) is 52.3 Å². The number of nitrogens with one attached hydrogen (secondary N) is 1. The van der Waals surface area contributed by atoms with Crippen molar-refractivity contribution in [3.05, 3.63) is 63.4 Å². The van der Waals surface area contributed by atoms with Crippen LogP contribution in [0.25, 0.3) is 11.3 Å². The average Bonchev–Trinajstić information content (AvgIpc) is 3.15. The van der Waals surface area contributed by atoms with Gasteiger partial charge in [0.1, 0.15) is 5.75 Å². The van der Waals surface area contributed by atoms with Crippen molar-refractivity contribution in [3.63, 3.8) is 0 Å². The van der Waals surface area contributed by atoms with Crippen molar-refractivity contribution >= 4 is 44.1 Å². The Balaban J connectivity index is 1.58. The quantitative estimate of drug-likeness (QED) is 0.475. The molecular weight excluding hydrogens is 440 g/mol. The number of anilines is 1. The number of ether oxygens (including phenoxy) is 1. The minimum absolute atomic E-state index is 0.0864. The van der Waals surface area contributed by atoms with E-state index in [1.54, 1.807) is 12.1 Å². The molecule has 1 amide bonds. The van der Waals surface area contributed by atoms with Crippen molar-refractivity contribution in [2.45, 2.75) is 19.8 Å². The maximum atomic E-state index is 12.5. The fraction of sp³-hybridized carbons (Fsp3) is 0.190. The van der Waals surface area contributed by atoms with Crippen LogP contribution < -0.4 is 10.1 Å². The first-order valence-corrected chi connectivity index (χ1v) is 10.3. The van der Waals surface area contributed by atoms with Crippen molar-refractivity contribution < 1.29 is 14.3 Å². The number of carbonyl (C=O) groups excluding carboxylic acids is 2. The molecule has 2 aromatic carbocycles. The predicted molar refractivity (Wildman–Crippen MR) is 115 cm³/mol. The van der Waals surface area contributed by atoms with Crippen LogP contribution in [-0.2, 0) is 4.79 Å². The molecule has 0 bridgehead atoms. The van der Waals surface area contributed by atoms with Crippen LogP contribution in [0.3, 0.4) is 0 Å². The molecule has 0 radical (unpaired) electrons. The molecule has 1 aromatic heterocycles. The number of carbonyl (C=O) groups is 2. The molecule has 0 unspecified atom stereocenters. The SMILES string of the molecule is COc1ccc(C)cc1C(=O)CCC(=O)Nc1nc(-c2ccc(Br)cc2)cs1. The van der Waals surface area contributed by atoms with E-state index in [0.29, 0.717) is 16.4 Å². The molecule has 1 N–H and O–H groups in total. The molecule has 0 spiro atoms. The molecule has 1 heterocycles. The number of thiazole rings is 1.